The highest BCUT2D eigenvalue weighted by atomic mass is 79.9. The third-order valence-corrected chi connectivity index (χ3v) is 6.01. The smallest absolute Gasteiger partial charge is 0.346 e. The van der Waals surface area contributed by atoms with Crippen molar-refractivity contribution in [2.45, 2.75) is 39.2 Å². The molecule has 7 nitrogen and oxygen atoms in total. The van der Waals surface area contributed by atoms with Gasteiger partial charge in [0.15, 0.2) is 11.9 Å². The van der Waals surface area contributed by atoms with Crippen molar-refractivity contribution in [3.63, 3.8) is 0 Å². The van der Waals surface area contributed by atoms with Crippen LogP contribution in [-0.4, -0.2) is 35.1 Å². The summed E-state index contributed by atoms with van der Waals surface area (Å²) >= 11 is 13.2. The van der Waals surface area contributed by atoms with Gasteiger partial charge in [0.2, 0.25) is 0 Å². The zero-order chi connectivity index (χ0) is 24.5. The fourth-order valence-electron chi connectivity index (χ4n) is 3.02. The van der Waals surface area contributed by atoms with Gasteiger partial charge in [0.1, 0.15) is 5.82 Å². The Balaban J connectivity index is 2.06. The van der Waals surface area contributed by atoms with E-state index in [0.29, 0.717) is 32.5 Å². The van der Waals surface area contributed by atoms with Gasteiger partial charge in [-0.1, -0.05) is 48.3 Å². The number of fused-ring (bicyclic) bond motifs is 1. The van der Waals surface area contributed by atoms with E-state index in [9.17, 15) is 9.59 Å². The number of hydrogen-bond donors (Lipinski definition) is 0. The zero-order valence-electron chi connectivity index (χ0n) is 18.6. The molecule has 1 aromatic heterocycles. The van der Waals surface area contributed by atoms with E-state index in [1.165, 1.54) is 18.0 Å². The van der Waals surface area contributed by atoms with Gasteiger partial charge >= 0.3 is 5.97 Å². The van der Waals surface area contributed by atoms with E-state index in [1.54, 1.807) is 31.2 Å². The van der Waals surface area contributed by atoms with Gasteiger partial charge in [-0.05, 0) is 58.7 Å². The largest absolute Gasteiger partial charge is 0.476 e. The average Bonchev–Trinajstić information content (AvgIpc) is 2.74. The first kappa shape index (κ1) is 25.4. The van der Waals surface area contributed by atoms with Crippen LogP contribution >= 0.6 is 43.5 Å². The molecule has 2 aromatic carbocycles. The Labute approximate surface area is 213 Å². The van der Waals surface area contributed by atoms with Crippen molar-refractivity contribution in [1.29, 1.82) is 0 Å². The predicted octanol–water partition coefficient (Wildman–Crippen LogP) is 5.69. The normalized spacial score (nSPS) is 12.8. The number of carbonyl (C=O) groups is 1. The van der Waals surface area contributed by atoms with Crippen LogP contribution in [0.4, 0.5) is 0 Å². The highest BCUT2D eigenvalue weighted by Gasteiger charge is 2.23. The van der Waals surface area contributed by atoms with Crippen molar-refractivity contribution in [2.24, 2.45) is 5.10 Å². The van der Waals surface area contributed by atoms with Crippen LogP contribution in [0.5, 0.6) is 5.75 Å². The molecule has 0 saturated carbocycles. The molecule has 0 amide bonds. The maximum Gasteiger partial charge on any atom is 0.346 e. The minimum Gasteiger partial charge on any atom is -0.476 e. The van der Waals surface area contributed by atoms with Gasteiger partial charge in [0, 0.05) is 9.89 Å². The molecule has 174 valence electrons. The Hall–Kier alpha value is -2.23. The fourth-order valence-corrected chi connectivity index (χ4v) is 4.34. The Morgan fingerprint density at radius 1 is 1.24 bits per heavy atom. The van der Waals surface area contributed by atoms with Gasteiger partial charge in [0.25, 0.3) is 5.56 Å². The Kier molecular flexibility index (Phi) is 7.65. The molecule has 1 atom stereocenters. The number of halogens is 3. The first-order chi connectivity index (χ1) is 15.4. The highest BCUT2D eigenvalue weighted by Crippen LogP contribution is 2.35. The summed E-state index contributed by atoms with van der Waals surface area (Å²) < 4.78 is 12.9. The number of carbonyl (C=O) groups excluding carboxylic acids is 1. The Bertz CT molecular complexity index is 1290. The van der Waals surface area contributed by atoms with E-state index < -0.39 is 17.5 Å². The molecule has 33 heavy (non-hydrogen) atoms. The summed E-state index contributed by atoms with van der Waals surface area (Å²) in [5.41, 5.74) is 0.509. The summed E-state index contributed by atoms with van der Waals surface area (Å²) in [5.74, 6) is 0.306. The number of methoxy groups -OCH3 is 1. The third-order valence-electron chi connectivity index (χ3n) is 4.65. The topological polar surface area (TPSA) is 82.8 Å². The molecule has 0 spiro atoms. The molecule has 0 unspecified atom stereocenters. The molecular weight excluding hydrogens is 578 g/mol. The van der Waals surface area contributed by atoms with E-state index in [-0.39, 0.29) is 10.6 Å². The van der Waals surface area contributed by atoms with E-state index in [0.717, 1.165) is 4.47 Å². The molecule has 0 saturated heterocycles. The van der Waals surface area contributed by atoms with Crippen LogP contribution in [-0.2, 0) is 14.9 Å². The van der Waals surface area contributed by atoms with Crippen molar-refractivity contribution in [2.75, 3.05) is 7.11 Å². The van der Waals surface area contributed by atoms with Crippen LogP contribution in [0, 0.1) is 0 Å². The van der Waals surface area contributed by atoms with E-state index in [1.807, 2.05) is 26.8 Å². The quantitative estimate of drug-likeness (QED) is 0.278. The van der Waals surface area contributed by atoms with E-state index in [4.69, 9.17) is 21.3 Å². The van der Waals surface area contributed by atoms with Crippen LogP contribution in [0.1, 0.15) is 39.1 Å². The number of hydrogen-bond acceptors (Lipinski definition) is 6. The number of aromatic nitrogens is 2. The molecule has 0 bridgehead atoms. The fraction of sp³-hybridized carbons (Fsp3) is 0.304. The monoisotopic (exact) mass is 597 g/mol. The Morgan fingerprint density at radius 2 is 1.94 bits per heavy atom. The van der Waals surface area contributed by atoms with Crippen LogP contribution in [0.25, 0.3) is 10.9 Å². The summed E-state index contributed by atoms with van der Waals surface area (Å²) in [7, 11) is 1.28. The summed E-state index contributed by atoms with van der Waals surface area (Å²) in [6, 6.07) is 8.73. The van der Waals surface area contributed by atoms with Gasteiger partial charge < -0.3 is 9.47 Å². The zero-order valence-corrected chi connectivity index (χ0v) is 22.6. The van der Waals surface area contributed by atoms with Crippen LogP contribution in [0.3, 0.4) is 0 Å². The number of rotatable bonds is 5. The molecule has 0 aliphatic rings. The standard InChI is InChI=1S/C23H22Br2ClN3O4/c1-12(21(31)32-5)33-19-16(25)8-13(9-17(19)26)11-27-29-20(30)15-10-14(24)6-7-18(15)28-22(29)23(2,3)4/h6-12H,1-5H3/t12-/m0/s1. The van der Waals surface area contributed by atoms with Gasteiger partial charge in [-0.15, -0.1) is 0 Å². The molecule has 3 rings (SSSR count). The number of benzene rings is 2. The van der Waals surface area contributed by atoms with Crippen molar-refractivity contribution < 1.29 is 14.3 Å². The van der Waals surface area contributed by atoms with Crippen molar-refractivity contribution in [3.8, 4) is 5.75 Å². The first-order valence-electron chi connectivity index (χ1n) is 9.93. The maximum atomic E-state index is 13.3. The highest BCUT2D eigenvalue weighted by molar-refractivity contribution is 9.10. The molecule has 1 heterocycles. The summed E-state index contributed by atoms with van der Waals surface area (Å²) in [6.07, 6.45) is 0.686. The number of esters is 1. The van der Waals surface area contributed by atoms with Crippen LogP contribution in [0.2, 0.25) is 5.02 Å². The van der Waals surface area contributed by atoms with Gasteiger partial charge in [-0.2, -0.15) is 9.78 Å². The lowest BCUT2D eigenvalue weighted by atomic mass is 9.95. The van der Waals surface area contributed by atoms with Gasteiger partial charge in [-0.25, -0.2) is 9.78 Å². The molecular formula is C23H22Br2ClN3O4. The van der Waals surface area contributed by atoms with Crippen LogP contribution in [0.15, 0.2) is 49.2 Å². The molecule has 10 heteroatoms. The molecule has 0 aliphatic carbocycles. The molecule has 0 radical (unpaired) electrons. The second kappa shape index (κ2) is 9.95. The minimum absolute atomic E-state index is 0.269. The predicted molar refractivity (Wildman–Crippen MR) is 137 cm³/mol. The lowest BCUT2D eigenvalue weighted by molar-refractivity contribution is -0.147. The van der Waals surface area contributed by atoms with Gasteiger partial charge in [-0.3, -0.25) is 4.79 Å². The van der Waals surface area contributed by atoms with Crippen molar-refractivity contribution in [3.05, 3.63) is 66.0 Å². The minimum atomic E-state index is -0.834. The first-order valence-corrected chi connectivity index (χ1v) is 11.9. The SMILES string of the molecule is COC(=O)[C@H](C)Oc1c(Cl)cc(C=Nn2c(C(C)(C)C)nc3ccc(Br)cc3c2=O)cc1Br. The molecule has 0 fully saturated rings. The van der Waals surface area contributed by atoms with Crippen molar-refractivity contribution >= 4 is 66.5 Å². The van der Waals surface area contributed by atoms with Gasteiger partial charge in [0.05, 0.1) is 33.7 Å². The average molecular weight is 600 g/mol. The summed E-state index contributed by atoms with van der Waals surface area (Å²) in [6.45, 7) is 7.46. The molecule has 0 N–H and O–H groups in total. The summed E-state index contributed by atoms with van der Waals surface area (Å²) in [5, 5.41) is 5.17. The Morgan fingerprint density at radius 3 is 2.55 bits per heavy atom. The van der Waals surface area contributed by atoms with E-state index >= 15 is 0 Å². The maximum absolute atomic E-state index is 13.3. The van der Waals surface area contributed by atoms with E-state index in [2.05, 4.69) is 41.7 Å². The summed E-state index contributed by atoms with van der Waals surface area (Å²) in [4.78, 5) is 29.6. The number of nitrogens with zero attached hydrogens (tertiary/aromatic N) is 3. The third kappa shape index (κ3) is 5.65. The lowest BCUT2D eigenvalue weighted by Crippen LogP contribution is -2.29. The number of ether oxygens (including phenoxy) is 2. The molecule has 3 aromatic rings. The second-order valence-corrected chi connectivity index (χ2v) is 10.5. The lowest BCUT2D eigenvalue weighted by Gasteiger charge is -2.21. The van der Waals surface area contributed by atoms with Crippen molar-refractivity contribution in [1.82, 2.24) is 9.66 Å². The molecule has 0 aliphatic heterocycles. The van der Waals surface area contributed by atoms with Crippen LogP contribution < -0.4 is 10.3 Å². The second-order valence-electron chi connectivity index (χ2n) is 8.31.